The van der Waals surface area contributed by atoms with Crippen LogP contribution in [0.1, 0.15) is 84.6 Å². The molecule has 1 aromatic carbocycles. The van der Waals surface area contributed by atoms with Gasteiger partial charge in [0.25, 0.3) is 0 Å². The van der Waals surface area contributed by atoms with E-state index in [1.165, 1.54) is 18.7 Å². The zero-order chi connectivity index (χ0) is 51.8. The van der Waals surface area contributed by atoms with E-state index in [1.807, 2.05) is 13.8 Å². The number of hydrogen-bond acceptors (Lipinski definition) is 14. The predicted molar refractivity (Wildman–Crippen MR) is 265 cm³/mol. The van der Waals surface area contributed by atoms with Gasteiger partial charge >= 0.3 is 5.97 Å². The number of thiol groups is 2. The van der Waals surface area contributed by atoms with Crippen LogP contribution in [0.5, 0.6) is 0 Å². The number of aliphatic imine (C=N–C) groups is 1. The molecule has 0 aliphatic carbocycles. The van der Waals surface area contributed by atoms with E-state index in [0.29, 0.717) is 31.4 Å². The van der Waals surface area contributed by atoms with E-state index in [1.54, 1.807) is 30.3 Å². The molecular formula is C44H73N13O10S2. The van der Waals surface area contributed by atoms with E-state index in [2.05, 4.69) is 67.5 Å². The molecule has 9 atom stereocenters. The summed E-state index contributed by atoms with van der Waals surface area (Å²) in [6, 6.07) is -1.83. The van der Waals surface area contributed by atoms with E-state index < -0.39 is 108 Å². The van der Waals surface area contributed by atoms with Crippen molar-refractivity contribution in [3.05, 3.63) is 35.9 Å². The largest absolute Gasteiger partial charge is 0.480 e. The van der Waals surface area contributed by atoms with Crippen molar-refractivity contribution in [2.75, 3.05) is 31.1 Å². The lowest BCUT2D eigenvalue weighted by Gasteiger charge is -2.29. The molecule has 25 heteroatoms. The van der Waals surface area contributed by atoms with Crippen molar-refractivity contribution in [1.82, 2.24) is 42.1 Å². The second-order valence-electron chi connectivity index (χ2n) is 17.3. The zero-order valence-corrected chi connectivity index (χ0v) is 41.6. The molecule has 1 aliphatic rings. The first-order valence-electron chi connectivity index (χ1n) is 23.1. The Morgan fingerprint density at radius 3 is 1.78 bits per heavy atom. The van der Waals surface area contributed by atoms with Crippen molar-refractivity contribution >= 4 is 84.4 Å². The fourth-order valence-corrected chi connectivity index (χ4v) is 7.73. The molecule has 0 saturated carbocycles. The number of aliphatic carboxylic acids is 1. The van der Waals surface area contributed by atoms with Crippen molar-refractivity contribution < 1.29 is 48.3 Å². The fraction of sp³-hybridized carbons (Fsp3) is 0.636. The second kappa shape index (κ2) is 30.7. The number of carbonyl (C=O) groups excluding carboxylic acids is 8. The fourth-order valence-electron chi connectivity index (χ4n) is 7.23. The maximum Gasteiger partial charge on any atom is 0.327 e. The van der Waals surface area contributed by atoms with Crippen LogP contribution in [0.15, 0.2) is 35.3 Å². The van der Waals surface area contributed by atoms with Crippen molar-refractivity contribution in [3.63, 3.8) is 0 Å². The molecule has 2 rings (SSSR count). The normalized spacial score (nSPS) is 16.8. The van der Waals surface area contributed by atoms with Crippen LogP contribution in [-0.4, -0.2) is 155 Å². The maximum atomic E-state index is 14.3. The number of carboxylic acids is 1. The first-order valence-corrected chi connectivity index (χ1v) is 24.3. The molecule has 69 heavy (non-hydrogen) atoms. The SMILES string of the molecule is CC(C)C[C@H](NC(=O)[C@H](CCCCN)NC(=O)[C@H](C)N)C(=O)N[C@@H](CCCN=C(N)N)C(=O)N[C@@H](Cc1ccccc1)C(=O)N[C@@H](C)C(=O)N[C@@H](CS)C(=O)N1CCC[C@@H]1C(=O)N[C@@H](CS)C(=O)O. The summed E-state index contributed by atoms with van der Waals surface area (Å²) in [7, 11) is 0. The molecule has 8 amide bonds. The highest BCUT2D eigenvalue weighted by Crippen LogP contribution is 2.20. The number of benzene rings is 1. The molecule has 0 aromatic heterocycles. The van der Waals surface area contributed by atoms with Gasteiger partial charge < -0.3 is 70.2 Å². The number of nitrogens with zero attached hydrogens (tertiary/aromatic N) is 2. The Morgan fingerprint density at radius 2 is 1.23 bits per heavy atom. The van der Waals surface area contributed by atoms with E-state index in [9.17, 15) is 48.3 Å². The van der Waals surface area contributed by atoms with E-state index in [4.69, 9.17) is 22.9 Å². The molecule has 1 saturated heterocycles. The Bertz CT molecular complexity index is 1930. The molecule has 386 valence electrons. The quantitative estimate of drug-likeness (QED) is 0.0160. The Labute approximate surface area is 414 Å². The number of rotatable bonds is 30. The molecule has 23 nitrogen and oxygen atoms in total. The van der Waals surface area contributed by atoms with Gasteiger partial charge in [-0.25, -0.2) is 4.79 Å². The maximum absolute atomic E-state index is 14.3. The number of carbonyl (C=O) groups is 9. The summed E-state index contributed by atoms with van der Waals surface area (Å²) in [5.41, 5.74) is 23.1. The number of nitrogens with two attached hydrogens (primary N) is 4. The number of hydrogen-bond donors (Lipinski definition) is 14. The van der Waals surface area contributed by atoms with Crippen LogP contribution in [0.3, 0.4) is 0 Å². The number of likely N-dealkylation sites (tertiary alicyclic amines) is 1. The minimum atomic E-state index is -1.32. The van der Waals surface area contributed by atoms with Crippen LogP contribution in [0.25, 0.3) is 0 Å². The van der Waals surface area contributed by atoms with Crippen LogP contribution < -0.4 is 60.2 Å². The molecule has 0 spiro atoms. The van der Waals surface area contributed by atoms with E-state index in [-0.39, 0.29) is 75.0 Å². The molecule has 1 fully saturated rings. The molecular weight excluding hydrogens is 935 g/mol. The van der Waals surface area contributed by atoms with E-state index in [0.717, 1.165) is 0 Å². The van der Waals surface area contributed by atoms with Crippen molar-refractivity contribution in [2.45, 2.75) is 140 Å². The number of unbranched alkanes of at least 4 members (excludes halogenated alkanes) is 1. The summed E-state index contributed by atoms with van der Waals surface area (Å²) >= 11 is 8.23. The molecule has 16 N–H and O–H groups in total. The lowest BCUT2D eigenvalue weighted by molar-refractivity contribution is -0.144. The Kier molecular flexibility index (Phi) is 26.5. The molecule has 0 radical (unpaired) electrons. The van der Waals surface area contributed by atoms with Gasteiger partial charge in [-0.1, -0.05) is 44.2 Å². The van der Waals surface area contributed by atoms with Gasteiger partial charge in [0.1, 0.15) is 48.3 Å². The summed E-state index contributed by atoms with van der Waals surface area (Å²) < 4.78 is 0. The average Bonchev–Trinajstić information content (AvgIpc) is 3.80. The minimum absolute atomic E-state index is 0.0185. The molecule has 1 aromatic rings. The van der Waals surface area contributed by atoms with Crippen molar-refractivity contribution in [3.8, 4) is 0 Å². The summed E-state index contributed by atoms with van der Waals surface area (Å²) in [5.74, 6) is -7.57. The molecule has 0 bridgehead atoms. The Balaban J connectivity index is 2.36. The lowest BCUT2D eigenvalue weighted by atomic mass is 10.0. The Hall–Kier alpha value is -5.66. The first kappa shape index (κ1) is 59.5. The second-order valence-corrected chi connectivity index (χ2v) is 18.1. The standard InChI is InChI=1S/C44H73N13O10S2/c1-24(2)20-30(53-37(60)28(14-8-9-17-45)51-35(58)25(3)46)40(63)52-29(15-10-18-49-44(47)48)38(61)54-31(21-27-12-6-5-7-13-27)39(62)50-26(4)36(59)55-32(22-68)42(65)57-19-11-16-34(57)41(64)56-33(23-69)43(66)67/h5-7,12-13,24-26,28-34,68-69H,8-11,14-23,45-46H2,1-4H3,(H,50,62)(H,51,58)(H,52,63)(H,53,60)(H,54,61)(H,55,59)(H,56,64)(H,66,67)(H4,47,48,49)/t25-,26-,28-,29-,30-,31-,32-,33-,34+/m0/s1. The van der Waals surface area contributed by atoms with E-state index >= 15 is 0 Å². The highest BCUT2D eigenvalue weighted by molar-refractivity contribution is 7.80. The molecule has 1 heterocycles. The third-order valence-electron chi connectivity index (χ3n) is 11.0. The van der Waals surface area contributed by atoms with Gasteiger partial charge in [-0.05, 0) is 83.2 Å². The molecule has 1 aliphatic heterocycles. The van der Waals surface area contributed by atoms with Gasteiger partial charge in [-0.3, -0.25) is 43.3 Å². The lowest BCUT2D eigenvalue weighted by Crippen LogP contribution is -2.60. The van der Waals surface area contributed by atoms with Gasteiger partial charge in [-0.2, -0.15) is 25.3 Å². The highest BCUT2D eigenvalue weighted by atomic mass is 32.1. The van der Waals surface area contributed by atoms with Crippen LogP contribution in [0.2, 0.25) is 0 Å². The first-order chi connectivity index (χ1) is 32.6. The number of guanidine groups is 1. The van der Waals surface area contributed by atoms with Gasteiger partial charge in [0.15, 0.2) is 5.96 Å². The van der Waals surface area contributed by atoms with Crippen LogP contribution in [0.4, 0.5) is 0 Å². The third-order valence-corrected chi connectivity index (χ3v) is 11.7. The third kappa shape index (κ3) is 20.8. The van der Waals surface area contributed by atoms with Gasteiger partial charge in [0.2, 0.25) is 47.3 Å². The predicted octanol–water partition coefficient (Wildman–Crippen LogP) is -2.85. The number of nitrogens with one attached hydrogen (secondary N) is 7. The number of carboxylic acid groups (broad SMARTS) is 1. The number of amides is 8. The van der Waals surface area contributed by atoms with Crippen molar-refractivity contribution in [1.29, 1.82) is 0 Å². The Morgan fingerprint density at radius 1 is 0.696 bits per heavy atom. The van der Waals surface area contributed by atoms with Crippen LogP contribution in [-0.2, 0) is 49.6 Å². The molecule has 0 unspecified atom stereocenters. The van der Waals surface area contributed by atoms with Gasteiger partial charge in [0.05, 0.1) is 6.04 Å². The zero-order valence-electron chi connectivity index (χ0n) is 39.8. The summed E-state index contributed by atoms with van der Waals surface area (Å²) in [5, 5.41) is 27.7. The van der Waals surface area contributed by atoms with Crippen molar-refractivity contribution in [2.24, 2.45) is 33.8 Å². The summed E-state index contributed by atoms with van der Waals surface area (Å²) in [6.07, 6.45) is 2.27. The average molecular weight is 1010 g/mol. The van der Waals surface area contributed by atoms with Crippen LogP contribution >= 0.6 is 25.3 Å². The minimum Gasteiger partial charge on any atom is -0.480 e. The smallest absolute Gasteiger partial charge is 0.327 e. The van der Waals surface area contributed by atoms with Gasteiger partial charge in [0, 0.05) is 31.0 Å². The highest BCUT2D eigenvalue weighted by Gasteiger charge is 2.39. The van der Waals surface area contributed by atoms with Gasteiger partial charge in [-0.15, -0.1) is 0 Å². The topological polar surface area (TPSA) is 378 Å². The van der Waals surface area contributed by atoms with Crippen LogP contribution in [0, 0.1) is 5.92 Å². The monoisotopic (exact) mass is 1010 g/mol. The summed E-state index contributed by atoms with van der Waals surface area (Å²) in [6.45, 7) is 7.12. The summed E-state index contributed by atoms with van der Waals surface area (Å²) in [4.78, 5) is 126.